The fourth-order valence-electron chi connectivity index (χ4n) is 3.01. The molecule has 4 nitrogen and oxygen atoms in total. The highest BCUT2D eigenvalue weighted by Crippen LogP contribution is 2.19. The molecule has 0 atom stereocenters. The Bertz CT molecular complexity index is 667. The van der Waals surface area contributed by atoms with Gasteiger partial charge in [0, 0.05) is 44.1 Å². The molecule has 1 saturated heterocycles. The second kappa shape index (κ2) is 7.34. The van der Waals surface area contributed by atoms with Crippen molar-refractivity contribution >= 4 is 17.4 Å². The van der Waals surface area contributed by atoms with Crippen LogP contribution in [0.25, 0.3) is 0 Å². The minimum absolute atomic E-state index is 0.0439. The maximum absolute atomic E-state index is 13.0. The molecule has 2 aromatic rings. The standard InChI is InChI=1S/C19H22FN3O/c1-2-23(18-6-4-3-5-7-18)19(24)22-14-12-21(13-15-22)17-10-8-16(20)9-11-17/h3-11H,2,12-15H2,1H3. The van der Waals surface area contributed by atoms with E-state index in [4.69, 9.17) is 0 Å². The monoisotopic (exact) mass is 327 g/mol. The summed E-state index contributed by atoms with van der Waals surface area (Å²) in [7, 11) is 0. The molecule has 2 amide bonds. The Kier molecular flexibility index (Phi) is 4.99. The molecule has 24 heavy (non-hydrogen) atoms. The number of hydrogen-bond acceptors (Lipinski definition) is 2. The van der Waals surface area contributed by atoms with Crippen molar-refractivity contribution in [3.05, 3.63) is 60.4 Å². The Balaban J connectivity index is 1.63. The number of rotatable bonds is 3. The van der Waals surface area contributed by atoms with Gasteiger partial charge in [0.05, 0.1) is 0 Å². The third-order valence-corrected chi connectivity index (χ3v) is 4.36. The first-order valence-electron chi connectivity index (χ1n) is 8.31. The summed E-state index contributed by atoms with van der Waals surface area (Å²) in [6.07, 6.45) is 0. The smallest absolute Gasteiger partial charge is 0.324 e. The Labute approximate surface area is 142 Å². The van der Waals surface area contributed by atoms with Crippen molar-refractivity contribution in [3.63, 3.8) is 0 Å². The summed E-state index contributed by atoms with van der Waals surface area (Å²) < 4.78 is 13.0. The lowest BCUT2D eigenvalue weighted by molar-refractivity contribution is 0.201. The third kappa shape index (κ3) is 3.50. The highest BCUT2D eigenvalue weighted by Gasteiger charge is 2.25. The van der Waals surface area contributed by atoms with Crippen molar-refractivity contribution in [2.45, 2.75) is 6.92 Å². The number of urea groups is 1. The van der Waals surface area contributed by atoms with E-state index in [-0.39, 0.29) is 11.8 Å². The number of para-hydroxylation sites is 1. The van der Waals surface area contributed by atoms with Crippen LogP contribution in [0, 0.1) is 5.82 Å². The summed E-state index contributed by atoms with van der Waals surface area (Å²) in [5.41, 5.74) is 1.92. The number of benzene rings is 2. The number of amides is 2. The van der Waals surface area contributed by atoms with Gasteiger partial charge in [0.2, 0.25) is 0 Å². The molecule has 0 radical (unpaired) electrons. The molecule has 1 aliphatic rings. The summed E-state index contributed by atoms with van der Waals surface area (Å²) in [6, 6.07) is 16.3. The van der Waals surface area contributed by atoms with Gasteiger partial charge in [0.1, 0.15) is 5.82 Å². The molecule has 0 bridgehead atoms. The second-order valence-corrected chi connectivity index (χ2v) is 5.81. The van der Waals surface area contributed by atoms with Crippen LogP contribution in [0.4, 0.5) is 20.6 Å². The van der Waals surface area contributed by atoms with Crippen LogP contribution in [-0.2, 0) is 0 Å². The van der Waals surface area contributed by atoms with E-state index < -0.39 is 0 Å². The molecule has 1 heterocycles. The first-order valence-corrected chi connectivity index (χ1v) is 8.31. The Morgan fingerprint density at radius 1 is 1.00 bits per heavy atom. The van der Waals surface area contributed by atoms with E-state index in [1.54, 1.807) is 17.0 Å². The first kappa shape index (κ1) is 16.3. The number of halogens is 1. The predicted molar refractivity (Wildman–Crippen MR) is 95.0 cm³/mol. The lowest BCUT2D eigenvalue weighted by atomic mass is 10.2. The van der Waals surface area contributed by atoms with Crippen LogP contribution in [-0.4, -0.2) is 43.7 Å². The maximum Gasteiger partial charge on any atom is 0.324 e. The largest absolute Gasteiger partial charge is 0.368 e. The van der Waals surface area contributed by atoms with Gasteiger partial charge in [-0.3, -0.25) is 4.90 Å². The predicted octanol–water partition coefficient (Wildman–Crippen LogP) is 3.59. The van der Waals surface area contributed by atoms with Crippen LogP contribution in [0.2, 0.25) is 0 Å². The summed E-state index contributed by atoms with van der Waals surface area (Å²) in [5, 5.41) is 0. The number of carbonyl (C=O) groups is 1. The Hall–Kier alpha value is -2.56. The van der Waals surface area contributed by atoms with E-state index in [0.29, 0.717) is 19.6 Å². The van der Waals surface area contributed by atoms with Gasteiger partial charge in [0.25, 0.3) is 0 Å². The Morgan fingerprint density at radius 2 is 1.62 bits per heavy atom. The fourth-order valence-corrected chi connectivity index (χ4v) is 3.01. The van der Waals surface area contributed by atoms with Crippen LogP contribution in [0.5, 0.6) is 0 Å². The highest BCUT2D eigenvalue weighted by molar-refractivity contribution is 5.92. The second-order valence-electron chi connectivity index (χ2n) is 5.81. The van der Waals surface area contributed by atoms with Crippen LogP contribution < -0.4 is 9.80 Å². The van der Waals surface area contributed by atoms with Crippen molar-refractivity contribution in [1.29, 1.82) is 0 Å². The number of nitrogens with zero attached hydrogens (tertiary/aromatic N) is 3. The van der Waals surface area contributed by atoms with Crippen LogP contribution in [0.15, 0.2) is 54.6 Å². The summed E-state index contributed by atoms with van der Waals surface area (Å²) in [4.78, 5) is 18.7. The summed E-state index contributed by atoms with van der Waals surface area (Å²) in [6.45, 7) is 5.47. The molecule has 0 aliphatic carbocycles. The molecule has 1 fully saturated rings. The zero-order valence-corrected chi connectivity index (χ0v) is 13.9. The van der Waals surface area contributed by atoms with Crippen LogP contribution in [0.3, 0.4) is 0 Å². The molecule has 0 aromatic heterocycles. The lowest BCUT2D eigenvalue weighted by Crippen LogP contribution is -2.53. The number of hydrogen-bond donors (Lipinski definition) is 0. The zero-order valence-electron chi connectivity index (χ0n) is 13.9. The highest BCUT2D eigenvalue weighted by atomic mass is 19.1. The van der Waals surface area contributed by atoms with Gasteiger partial charge in [0.15, 0.2) is 0 Å². The minimum Gasteiger partial charge on any atom is -0.368 e. The van der Waals surface area contributed by atoms with E-state index in [2.05, 4.69) is 4.90 Å². The zero-order chi connectivity index (χ0) is 16.9. The average Bonchev–Trinajstić information content (AvgIpc) is 2.64. The van der Waals surface area contributed by atoms with Gasteiger partial charge in [-0.25, -0.2) is 9.18 Å². The number of carbonyl (C=O) groups excluding carboxylic acids is 1. The quantitative estimate of drug-likeness (QED) is 0.861. The molecule has 1 aliphatic heterocycles. The molecule has 3 rings (SSSR count). The first-order chi connectivity index (χ1) is 11.7. The van der Waals surface area contributed by atoms with Crippen molar-refractivity contribution in [2.24, 2.45) is 0 Å². The lowest BCUT2D eigenvalue weighted by Gasteiger charge is -2.38. The average molecular weight is 327 g/mol. The molecular weight excluding hydrogens is 305 g/mol. The van der Waals surface area contributed by atoms with Crippen molar-refractivity contribution < 1.29 is 9.18 Å². The molecule has 0 spiro atoms. The molecule has 0 N–H and O–H groups in total. The SMILES string of the molecule is CCN(C(=O)N1CCN(c2ccc(F)cc2)CC1)c1ccccc1. The van der Waals surface area contributed by atoms with Gasteiger partial charge in [-0.2, -0.15) is 0 Å². The van der Waals surface area contributed by atoms with E-state index in [1.807, 2.05) is 42.2 Å². The van der Waals surface area contributed by atoms with Crippen molar-refractivity contribution in [2.75, 3.05) is 42.5 Å². The number of piperazine rings is 1. The normalized spacial score (nSPS) is 14.6. The molecule has 0 unspecified atom stereocenters. The van der Waals surface area contributed by atoms with E-state index in [9.17, 15) is 9.18 Å². The number of anilines is 2. The molecule has 5 heteroatoms. The van der Waals surface area contributed by atoms with Gasteiger partial charge >= 0.3 is 6.03 Å². The fraction of sp³-hybridized carbons (Fsp3) is 0.316. The molecule has 2 aromatic carbocycles. The van der Waals surface area contributed by atoms with Crippen LogP contribution >= 0.6 is 0 Å². The van der Waals surface area contributed by atoms with Gasteiger partial charge in [-0.05, 0) is 43.3 Å². The summed E-state index contributed by atoms with van der Waals surface area (Å²) >= 11 is 0. The summed E-state index contributed by atoms with van der Waals surface area (Å²) in [5.74, 6) is -0.228. The van der Waals surface area contributed by atoms with Gasteiger partial charge in [-0.1, -0.05) is 18.2 Å². The van der Waals surface area contributed by atoms with Crippen molar-refractivity contribution in [1.82, 2.24) is 4.90 Å². The molecule has 0 saturated carbocycles. The maximum atomic E-state index is 13.0. The van der Waals surface area contributed by atoms with Crippen molar-refractivity contribution in [3.8, 4) is 0 Å². The third-order valence-electron chi connectivity index (χ3n) is 4.36. The minimum atomic E-state index is -0.228. The van der Waals surface area contributed by atoms with Crippen LogP contribution in [0.1, 0.15) is 6.92 Å². The Morgan fingerprint density at radius 3 is 2.21 bits per heavy atom. The molecule has 126 valence electrons. The molecular formula is C19H22FN3O. The van der Waals surface area contributed by atoms with E-state index in [0.717, 1.165) is 24.5 Å². The van der Waals surface area contributed by atoms with E-state index in [1.165, 1.54) is 12.1 Å². The van der Waals surface area contributed by atoms with E-state index >= 15 is 0 Å². The van der Waals surface area contributed by atoms with Gasteiger partial charge in [-0.15, -0.1) is 0 Å². The topological polar surface area (TPSA) is 26.8 Å². The van der Waals surface area contributed by atoms with Gasteiger partial charge < -0.3 is 9.80 Å².